The first kappa shape index (κ1) is 35.4. The molecule has 0 radical (unpaired) electrons. The molecule has 3 fully saturated rings. The van der Waals surface area contributed by atoms with Crippen LogP contribution in [-0.2, 0) is 18.4 Å². The highest BCUT2D eigenvalue weighted by Gasteiger charge is 2.55. The number of nitrogens with one attached hydrogen (secondary N) is 3. The van der Waals surface area contributed by atoms with Crippen molar-refractivity contribution < 1.29 is 41.0 Å². The van der Waals surface area contributed by atoms with Crippen molar-refractivity contribution in [2.45, 2.75) is 69.6 Å². The Labute approximate surface area is 287 Å². The van der Waals surface area contributed by atoms with Gasteiger partial charge >= 0.3 is 12.4 Å². The van der Waals surface area contributed by atoms with Gasteiger partial charge in [0.25, 0.3) is 11.8 Å². The lowest BCUT2D eigenvalue weighted by molar-refractivity contribution is -0.245. The summed E-state index contributed by atoms with van der Waals surface area (Å²) in [6.45, 7) is 1.46. The summed E-state index contributed by atoms with van der Waals surface area (Å²) in [4.78, 5) is 32.6. The minimum atomic E-state index is -5.19. The SMILES string of the molecule is Cn1c(Nc2c(Cl)ccc(CNC(=O)[C@@](C)(O)C(F)(F)F)c2Cl)nc2cc(C(=O)NC3CCC(C(F)(F)F)CC3)c(N3CC4CC4C3)cc21. The molecule has 9 nitrogen and oxygen atoms in total. The monoisotopic (exact) mass is 734 g/mol. The highest BCUT2D eigenvalue weighted by Crippen LogP contribution is 2.47. The Morgan fingerprint density at radius 2 is 1.67 bits per heavy atom. The van der Waals surface area contributed by atoms with E-state index in [0.717, 1.165) is 19.5 Å². The van der Waals surface area contributed by atoms with Gasteiger partial charge in [0.1, 0.15) is 0 Å². The fraction of sp³-hybridized carbons (Fsp3) is 0.531. The maximum absolute atomic E-state index is 13.7. The summed E-state index contributed by atoms with van der Waals surface area (Å²) in [7, 11) is 1.73. The second-order valence-corrected chi connectivity index (χ2v) is 14.1. The number of halogens is 8. The first-order chi connectivity index (χ1) is 22.8. The predicted octanol–water partition coefficient (Wildman–Crippen LogP) is 6.86. The number of aromatic nitrogens is 2. The fourth-order valence-electron chi connectivity index (χ4n) is 6.64. The number of nitrogens with zero attached hydrogens (tertiary/aromatic N) is 3. The van der Waals surface area contributed by atoms with Crippen LogP contribution in [0.25, 0.3) is 11.0 Å². The molecule has 49 heavy (non-hydrogen) atoms. The van der Waals surface area contributed by atoms with Gasteiger partial charge in [-0.1, -0.05) is 29.3 Å². The highest BCUT2D eigenvalue weighted by molar-refractivity contribution is 6.39. The van der Waals surface area contributed by atoms with E-state index in [1.54, 1.807) is 17.7 Å². The average molecular weight is 736 g/mol. The molecule has 1 aromatic heterocycles. The summed E-state index contributed by atoms with van der Waals surface area (Å²) in [5.74, 6) is -2.05. The molecule has 3 aromatic rings. The van der Waals surface area contributed by atoms with Crippen molar-refractivity contribution in [3.63, 3.8) is 0 Å². The van der Waals surface area contributed by atoms with Crippen LogP contribution in [0.4, 0.5) is 43.7 Å². The minimum absolute atomic E-state index is 0.0104. The molecule has 1 aliphatic heterocycles. The van der Waals surface area contributed by atoms with Gasteiger partial charge in [0, 0.05) is 32.7 Å². The van der Waals surface area contributed by atoms with E-state index < -0.39 is 42.2 Å². The Morgan fingerprint density at radius 3 is 2.29 bits per heavy atom. The van der Waals surface area contributed by atoms with Crippen molar-refractivity contribution in [1.82, 2.24) is 20.2 Å². The number of hydrogen-bond acceptors (Lipinski definition) is 6. The lowest BCUT2D eigenvalue weighted by atomic mass is 9.85. The fourth-order valence-corrected chi connectivity index (χ4v) is 7.17. The Hall–Kier alpha value is -3.43. The Kier molecular flexibility index (Phi) is 9.19. The number of rotatable bonds is 8. The van der Waals surface area contributed by atoms with Crippen LogP contribution in [0.1, 0.15) is 54.9 Å². The van der Waals surface area contributed by atoms with E-state index in [2.05, 4.69) is 20.5 Å². The summed E-state index contributed by atoms with van der Waals surface area (Å²) in [6.07, 6.45) is -7.95. The van der Waals surface area contributed by atoms with Gasteiger partial charge in [-0.3, -0.25) is 9.59 Å². The zero-order valence-electron chi connectivity index (χ0n) is 26.4. The molecule has 6 rings (SSSR count). The molecule has 3 atom stereocenters. The topological polar surface area (TPSA) is 112 Å². The number of piperidine rings is 1. The Bertz CT molecular complexity index is 1780. The first-order valence-electron chi connectivity index (χ1n) is 15.8. The zero-order valence-corrected chi connectivity index (χ0v) is 27.9. The number of aliphatic hydroxyl groups is 1. The summed E-state index contributed by atoms with van der Waals surface area (Å²) >= 11 is 13.0. The number of alkyl halides is 6. The third-order valence-corrected chi connectivity index (χ3v) is 10.7. The smallest absolute Gasteiger partial charge is 0.373 e. The van der Waals surface area contributed by atoms with Crippen molar-refractivity contribution in [3.8, 4) is 0 Å². The zero-order chi connectivity index (χ0) is 35.6. The molecule has 266 valence electrons. The molecule has 3 aliphatic rings. The van der Waals surface area contributed by atoms with Gasteiger partial charge in [-0.2, -0.15) is 26.3 Å². The quantitative estimate of drug-likeness (QED) is 0.188. The van der Waals surface area contributed by atoms with E-state index in [-0.39, 0.29) is 59.0 Å². The molecular formula is C32H34Cl2F6N6O3. The van der Waals surface area contributed by atoms with Gasteiger partial charge in [-0.15, -0.1) is 0 Å². The van der Waals surface area contributed by atoms with Crippen molar-refractivity contribution in [2.24, 2.45) is 24.8 Å². The van der Waals surface area contributed by atoms with E-state index in [1.165, 1.54) is 12.1 Å². The van der Waals surface area contributed by atoms with E-state index in [1.807, 2.05) is 11.4 Å². The number of imidazole rings is 1. The highest BCUT2D eigenvalue weighted by atomic mass is 35.5. The number of fused-ring (bicyclic) bond motifs is 2. The van der Waals surface area contributed by atoms with E-state index >= 15 is 0 Å². The lowest BCUT2D eigenvalue weighted by Crippen LogP contribution is -2.54. The molecule has 2 unspecified atom stereocenters. The largest absolute Gasteiger partial charge is 0.426 e. The predicted molar refractivity (Wildman–Crippen MR) is 172 cm³/mol. The molecule has 2 saturated carbocycles. The third-order valence-electron chi connectivity index (χ3n) is 9.93. The molecular weight excluding hydrogens is 701 g/mol. The van der Waals surface area contributed by atoms with Gasteiger partial charge in [-0.25, -0.2) is 4.98 Å². The normalized spacial score (nSPS) is 23.6. The standard InChI is InChI=1S/C32H34Cl2F6N6O3/c1-30(49,32(38,39)40)28(48)41-12-15-3-8-21(33)26(25(15)34)44-29-43-22-10-20(27(47)42-19-6-4-18(5-7-19)31(35,36)37)23(11-24(22)45(29)2)46-13-16-9-17(16)14-46/h3,8,10-11,16-19,49H,4-7,9,12-14H2,1-2H3,(H,41,48)(H,42,47)(H,43,44)/t16?,17?,18?,19?,30-/m1/s1. The van der Waals surface area contributed by atoms with Crippen molar-refractivity contribution in [3.05, 3.63) is 45.4 Å². The van der Waals surface area contributed by atoms with Crippen molar-refractivity contribution >= 4 is 63.4 Å². The third kappa shape index (κ3) is 6.98. The molecule has 17 heteroatoms. The molecule has 2 aliphatic carbocycles. The molecule has 2 aromatic carbocycles. The summed E-state index contributed by atoms with van der Waals surface area (Å²) in [5, 5.41) is 17.8. The van der Waals surface area contributed by atoms with E-state index in [0.29, 0.717) is 41.0 Å². The number of carbonyl (C=O) groups is 2. The summed E-state index contributed by atoms with van der Waals surface area (Å²) in [5.41, 5.74) is -1.10. The van der Waals surface area contributed by atoms with Crippen LogP contribution in [0, 0.1) is 17.8 Å². The molecule has 1 saturated heterocycles. The van der Waals surface area contributed by atoms with Gasteiger partial charge in [0.2, 0.25) is 11.5 Å². The van der Waals surface area contributed by atoms with Crippen LogP contribution in [0.2, 0.25) is 10.0 Å². The number of amides is 2. The Balaban J connectivity index is 1.25. The van der Waals surface area contributed by atoms with Crippen LogP contribution in [-0.4, -0.2) is 63.6 Å². The summed E-state index contributed by atoms with van der Waals surface area (Å²) in [6, 6.07) is 5.97. The number of carbonyl (C=O) groups excluding carboxylic acids is 2. The second-order valence-electron chi connectivity index (χ2n) is 13.4. The molecule has 0 bridgehead atoms. The molecule has 2 amide bonds. The number of hydrogen-bond donors (Lipinski definition) is 4. The van der Waals surface area contributed by atoms with Crippen LogP contribution >= 0.6 is 23.2 Å². The van der Waals surface area contributed by atoms with Crippen LogP contribution in [0.3, 0.4) is 0 Å². The lowest BCUT2D eigenvalue weighted by Gasteiger charge is -2.31. The van der Waals surface area contributed by atoms with Gasteiger partial charge < -0.3 is 30.5 Å². The van der Waals surface area contributed by atoms with Crippen molar-refractivity contribution in [1.29, 1.82) is 0 Å². The molecule has 2 heterocycles. The maximum Gasteiger partial charge on any atom is 0.426 e. The number of anilines is 3. The second kappa shape index (κ2) is 12.7. The van der Waals surface area contributed by atoms with Gasteiger partial charge in [0.05, 0.1) is 43.9 Å². The molecule has 0 spiro atoms. The summed E-state index contributed by atoms with van der Waals surface area (Å²) < 4.78 is 80.6. The number of aryl methyl sites for hydroxylation is 1. The van der Waals surface area contributed by atoms with Crippen LogP contribution in [0.15, 0.2) is 24.3 Å². The minimum Gasteiger partial charge on any atom is -0.373 e. The van der Waals surface area contributed by atoms with Crippen molar-refractivity contribution in [2.75, 3.05) is 23.3 Å². The maximum atomic E-state index is 13.7. The van der Waals surface area contributed by atoms with Crippen LogP contribution in [0.5, 0.6) is 0 Å². The first-order valence-corrected chi connectivity index (χ1v) is 16.5. The van der Waals surface area contributed by atoms with E-state index in [9.17, 15) is 41.0 Å². The van der Waals surface area contributed by atoms with Gasteiger partial charge in [-0.05, 0) is 74.6 Å². The number of benzene rings is 2. The van der Waals surface area contributed by atoms with Gasteiger partial charge in [0.15, 0.2) is 0 Å². The van der Waals surface area contributed by atoms with E-state index in [4.69, 9.17) is 23.2 Å². The average Bonchev–Trinajstić information content (AvgIpc) is 3.51. The molecule has 4 N–H and O–H groups in total. The Morgan fingerprint density at radius 1 is 1.02 bits per heavy atom. The van der Waals surface area contributed by atoms with Crippen LogP contribution < -0.4 is 20.9 Å².